The largest absolute Gasteiger partial charge is 0.383 e. The lowest BCUT2D eigenvalue weighted by Crippen LogP contribution is -2.12. The summed E-state index contributed by atoms with van der Waals surface area (Å²) in [5, 5.41) is 10.2. The number of hydrogen-bond acceptors (Lipinski definition) is 4. The molecule has 0 heterocycles. The molecule has 0 aliphatic heterocycles. The Balaban J connectivity index is 4.54. The highest BCUT2D eigenvalue weighted by molar-refractivity contribution is 5.13. The molecule has 0 N–H and O–H groups in total. The zero-order chi connectivity index (χ0) is 10.4. The van der Waals surface area contributed by atoms with Crippen LogP contribution in [-0.2, 0) is 0 Å². The highest BCUT2D eigenvalue weighted by atomic mass is 16.6. The third-order valence-electron chi connectivity index (χ3n) is 1.30. The van der Waals surface area contributed by atoms with Gasteiger partial charge in [-0.15, -0.1) is 0 Å². The average molecular weight is 185 g/mol. The van der Waals surface area contributed by atoms with Gasteiger partial charge < -0.3 is 9.80 Å². The average Bonchev–Trinajstić information content (AvgIpc) is 1.96. The summed E-state index contributed by atoms with van der Waals surface area (Å²) < 4.78 is 0. The smallest absolute Gasteiger partial charge is 0.257 e. The first-order valence-corrected chi connectivity index (χ1v) is 3.80. The van der Waals surface area contributed by atoms with Gasteiger partial charge in [0, 0.05) is 34.4 Å². The third-order valence-corrected chi connectivity index (χ3v) is 1.30. The number of rotatable bonds is 4. The van der Waals surface area contributed by atoms with Crippen LogP contribution in [0.2, 0.25) is 0 Å². The summed E-state index contributed by atoms with van der Waals surface area (Å²) in [6.45, 7) is 0. The van der Waals surface area contributed by atoms with Crippen molar-refractivity contribution in [3.63, 3.8) is 0 Å². The molecule has 0 aromatic carbocycles. The quantitative estimate of drug-likeness (QED) is 0.368. The first kappa shape index (κ1) is 11.5. The number of allylic oxidation sites excluding steroid dienone is 1. The summed E-state index contributed by atoms with van der Waals surface area (Å²) in [7, 11) is 7.23. The molecule has 0 bridgehead atoms. The monoisotopic (exact) mass is 185 g/mol. The fourth-order valence-electron chi connectivity index (χ4n) is 0.641. The molecule has 0 saturated carbocycles. The zero-order valence-corrected chi connectivity index (χ0v) is 8.39. The molecule has 13 heavy (non-hydrogen) atoms. The first-order chi connectivity index (χ1) is 5.93. The van der Waals surface area contributed by atoms with E-state index in [2.05, 4.69) is 0 Å². The van der Waals surface area contributed by atoms with Crippen LogP contribution >= 0.6 is 0 Å². The molecule has 0 aromatic heterocycles. The van der Waals surface area contributed by atoms with E-state index in [0.717, 1.165) is 6.20 Å². The summed E-state index contributed by atoms with van der Waals surface area (Å²) in [5.41, 5.74) is 0.554. The van der Waals surface area contributed by atoms with Gasteiger partial charge in [-0.05, 0) is 6.08 Å². The van der Waals surface area contributed by atoms with Gasteiger partial charge in [0.1, 0.15) is 5.70 Å². The van der Waals surface area contributed by atoms with Crippen LogP contribution in [0.3, 0.4) is 0 Å². The topological polar surface area (TPSA) is 49.6 Å². The van der Waals surface area contributed by atoms with Crippen molar-refractivity contribution in [1.29, 1.82) is 0 Å². The van der Waals surface area contributed by atoms with Gasteiger partial charge >= 0.3 is 0 Å². The number of hydrogen-bond donors (Lipinski definition) is 0. The van der Waals surface area contributed by atoms with Crippen LogP contribution in [0.5, 0.6) is 0 Å². The fourth-order valence-corrected chi connectivity index (χ4v) is 0.641. The van der Waals surface area contributed by atoms with Gasteiger partial charge in [0.05, 0.1) is 4.92 Å². The Morgan fingerprint density at radius 2 is 1.85 bits per heavy atom. The predicted molar refractivity (Wildman–Crippen MR) is 51.6 cm³/mol. The van der Waals surface area contributed by atoms with Crippen LogP contribution in [0.1, 0.15) is 0 Å². The van der Waals surface area contributed by atoms with Gasteiger partial charge in [0.15, 0.2) is 0 Å². The highest BCUT2D eigenvalue weighted by Crippen LogP contribution is 2.00. The van der Waals surface area contributed by atoms with Crippen LogP contribution in [-0.4, -0.2) is 42.9 Å². The minimum absolute atomic E-state index is 0.463. The second-order valence-electron chi connectivity index (χ2n) is 3.01. The molecule has 74 valence electrons. The Hall–Kier alpha value is -1.52. The maximum atomic E-state index is 10.2. The Labute approximate surface area is 78.1 Å². The summed E-state index contributed by atoms with van der Waals surface area (Å²) in [6, 6.07) is 0. The molecule has 0 saturated heterocycles. The summed E-state index contributed by atoms with van der Waals surface area (Å²) in [5.74, 6) is 0. The van der Waals surface area contributed by atoms with Gasteiger partial charge in [-0.2, -0.15) is 0 Å². The van der Waals surface area contributed by atoms with E-state index in [0.29, 0.717) is 5.70 Å². The minimum Gasteiger partial charge on any atom is -0.383 e. The van der Waals surface area contributed by atoms with Crippen molar-refractivity contribution in [3.05, 3.63) is 34.3 Å². The Morgan fingerprint density at radius 3 is 2.15 bits per heavy atom. The Bertz CT molecular complexity index is 232. The molecule has 0 aliphatic rings. The summed E-state index contributed by atoms with van der Waals surface area (Å²) in [6.07, 6.45) is 4.41. The van der Waals surface area contributed by atoms with Gasteiger partial charge in [0.25, 0.3) is 6.20 Å². The fraction of sp³-hybridized carbons (Fsp3) is 0.500. The minimum atomic E-state index is -0.463. The normalized spacial score (nSPS) is 11.8. The van der Waals surface area contributed by atoms with E-state index in [1.54, 1.807) is 31.3 Å². The summed E-state index contributed by atoms with van der Waals surface area (Å²) >= 11 is 0. The molecule has 0 unspecified atom stereocenters. The lowest BCUT2D eigenvalue weighted by Gasteiger charge is -2.11. The van der Waals surface area contributed by atoms with E-state index in [-0.39, 0.29) is 0 Å². The molecule has 0 amide bonds. The SMILES string of the molecule is CN(C)/C=C\C(=C/[N+](=O)[O-])N(C)C. The number of nitrogens with zero attached hydrogens (tertiary/aromatic N) is 3. The first-order valence-electron chi connectivity index (χ1n) is 3.80. The van der Waals surface area contributed by atoms with Crippen LogP contribution < -0.4 is 0 Å². The van der Waals surface area contributed by atoms with Gasteiger partial charge in [-0.25, -0.2) is 0 Å². The molecule has 0 aliphatic carbocycles. The van der Waals surface area contributed by atoms with Gasteiger partial charge in [-0.3, -0.25) is 10.1 Å². The van der Waals surface area contributed by atoms with Crippen LogP contribution in [0.15, 0.2) is 24.2 Å². The van der Waals surface area contributed by atoms with Gasteiger partial charge in [-0.1, -0.05) is 0 Å². The van der Waals surface area contributed by atoms with Crippen molar-refractivity contribution >= 4 is 0 Å². The molecule has 0 rings (SSSR count). The maximum Gasteiger partial charge on any atom is 0.257 e. The van der Waals surface area contributed by atoms with Crippen molar-refractivity contribution in [2.45, 2.75) is 0 Å². The van der Waals surface area contributed by atoms with E-state index in [1.165, 1.54) is 0 Å². The van der Waals surface area contributed by atoms with E-state index in [9.17, 15) is 10.1 Å². The lowest BCUT2D eigenvalue weighted by molar-refractivity contribution is -0.404. The van der Waals surface area contributed by atoms with Crippen LogP contribution in [0, 0.1) is 10.1 Å². The predicted octanol–water partition coefficient (Wildman–Crippen LogP) is 0.741. The maximum absolute atomic E-state index is 10.2. The third kappa shape index (κ3) is 5.72. The second-order valence-corrected chi connectivity index (χ2v) is 3.01. The molecule has 0 fully saturated rings. The molecule has 0 aromatic rings. The highest BCUT2D eigenvalue weighted by Gasteiger charge is 2.00. The van der Waals surface area contributed by atoms with Crippen molar-refractivity contribution in [2.24, 2.45) is 0 Å². The molecular weight excluding hydrogens is 170 g/mol. The molecule has 5 heteroatoms. The molecule has 0 atom stereocenters. The van der Waals surface area contributed by atoms with Crippen molar-refractivity contribution in [3.8, 4) is 0 Å². The number of likely N-dealkylation sites (N-methyl/N-ethyl adjacent to an activating group) is 1. The van der Waals surface area contributed by atoms with Crippen LogP contribution in [0.25, 0.3) is 0 Å². The standard InChI is InChI=1S/C8H15N3O2/c1-9(2)6-5-8(10(3)4)7-11(12)13/h5-7H,1-4H3/b6-5-,8-7+. The van der Waals surface area contributed by atoms with E-state index in [4.69, 9.17) is 0 Å². The van der Waals surface area contributed by atoms with Gasteiger partial charge in [0.2, 0.25) is 0 Å². The molecule has 0 spiro atoms. The van der Waals surface area contributed by atoms with Crippen molar-refractivity contribution in [2.75, 3.05) is 28.2 Å². The van der Waals surface area contributed by atoms with E-state index in [1.807, 2.05) is 19.0 Å². The Kier molecular flexibility index (Phi) is 4.58. The van der Waals surface area contributed by atoms with E-state index < -0.39 is 4.92 Å². The zero-order valence-electron chi connectivity index (χ0n) is 8.39. The van der Waals surface area contributed by atoms with Crippen molar-refractivity contribution < 1.29 is 4.92 Å². The lowest BCUT2D eigenvalue weighted by atomic mass is 10.4. The molecular formula is C8H15N3O2. The number of nitro groups is 1. The van der Waals surface area contributed by atoms with E-state index >= 15 is 0 Å². The Morgan fingerprint density at radius 1 is 1.31 bits per heavy atom. The molecule has 0 radical (unpaired) electrons. The summed E-state index contributed by atoms with van der Waals surface area (Å²) in [4.78, 5) is 13.3. The van der Waals surface area contributed by atoms with Crippen molar-refractivity contribution in [1.82, 2.24) is 9.80 Å². The molecule has 5 nitrogen and oxygen atoms in total. The van der Waals surface area contributed by atoms with Crippen LogP contribution in [0.4, 0.5) is 0 Å². The second kappa shape index (κ2) is 5.18.